The average molecular weight is 460 g/mol. The van der Waals surface area contributed by atoms with E-state index in [0.29, 0.717) is 13.1 Å². The predicted octanol–water partition coefficient (Wildman–Crippen LogP) is 4.22. The maximum absolute atomic E-state index is 6.18. The van der Waals surface area contributed by atoms with Gasteiger partial charge in [0.25, 0.3) is 0 Å². The molecule has 0 saturated carbocycles. The number of nitrogens with one attached hydrogen (secondary N) is 2. The van der Waals surface area contributed by atoms with Crippen molar-refractivity contribution in [2.45, 2.75) is 20.0 Å². The highest BCUT2D eigenvalue weighted by molar-refractivity contribution is 14.0. The summed E-state index contributed by atoms with van der Waals surface area (Å²) in [5, 5.41) is 7.28. The van der Waals surface area contributed by atoms with Gasteiger partial charge in [-0.1, -0.05) is 48.0 Å². The third-order valence-electron chi connectivity index (χ3n) is 3.35. The molecule has 0 aromatic heterocycles. The van der Waals surface area contributed by atoms with E-state index in [1.807, 2.05) is 55.5 Å². The Balaban J connectivity index is 0.00000288. The van der Waals surface area contributed by atoms with E-state index in [-0.39, 0.29) is 24.0 Å². The van der Waals surface area contributed by atoms with Gasteiger partial charge in [0, 0.05) is 23.7 Å². The summed E-state index contributed by atoms with van der Waals surface area (Å²) in [5.74, 6) is 1.59. The minimum atomic E-state index is 0. The van der Waals surface area contributed by atoms with Gasteiger partial charge in [-0.05, 0) is 24.6 Å². The van der Waals surface area contributed by atoms with E-state index in [1.165, 1.54) is 0 Å². The Morgan fingerprint density at radius 1 is 1.04 bits per heavy atom. The number of methoxy groups -OCH3 is 1. The fourth-order valence-corrected chi connectivity index (χ4v) is 2.36. The molecule has 0 fully saturated rings. The van der Waals surface area contributed by atoms with Crippen molar-refractivity contribution in [1.29, 1.82) is 0 Å². The molecule has 0 aliphatic heterocycles. The first-order valence-electron chi connectivity index (χ1n) is 7.62. The average Bonchev–Trinajstić information content (AvgIpc) is 2.59. The number of guanidine groups is 1. The number of para-hydroxylation sites is 1. The van der Waals surface area contributed by atoms with Gasteiger partial charge in [0.1, 0.15) is 5.75 Å². The van der Waals surface area contributed by atoms with Crippen LogP contribution >= 0.6 is 35.6 Å². The van der Waals surface area contributed by atoms with E-state index in [0.717, 1.165) is 34.4 Å². The number of halogens is 2. The van der Waals surface area contributed by atoms with Crippen LogP contribution in [0, 0.1) is 0 Å². The number of nitrogens with zero attached hydrogens (tertiary/aromatic N) is 1. The van der Waals surface area contributed by atoms with Crippen LogP contribution in [0.2, 0.25) is 5.02 Å². The molecule has 0 radical (unpaired) electrons. The van der Waals surface area contributed by atoms with Crippen LogP contribution in [0.1, 0.15) is 18.1 Å². The molecule has 0 saturated heterocycles. The molecule has 2 aromatic rings. The Morgan fingerprint density at radius 3 is 2.38 bits per heavy atom. The SMILES string of the molecule is CCNC(=NCc1ccccc1OC)NCc1ccccc1Cl.I. The molecule has 0 bridgehead atoms. The molecule has 4 nitrogen and oxygen atoms in total. The Kier molecular flexibility index (Phi) is 9.56. The lowest BCUT2D eigenvalue weighted by Crippen LogP contribution is -2.36. The molecule has 0 aliphatic rings. The molecular weight excluding hydrogens is 437 g/mol. The third kappa shape index (κ3) is 6.20. The second-order valence-corrected chi connectivity index (χ2v) is 5.36. The fraction of sp³-hybridized carbons (Fsp3) is 0.278. The van der Waals surface area contributed by atoms with E-state index >= 15 is 0 Å². The molecule has 0 amide bonds. The summed E-state index contributed by atoms with van der Waals surface area (Å²) in [5.41, 5.74) is 2.09. The van der Waals surface area contributed by atoms with Gasteiger partial charge in [0.05, 0.1) is 13.7 Å². The highest BCUT2D eigenvalue weighted by Gasteiger charge is 2.04. The first-order valence-corrected chi connectivity index (χ1v) is 8.00. The molecule has 0 atom stereocenters. The van der Waals surface area contributed by atoms with Crippen molar-refractivity contribution in [3.63, 3.8) is 0 Å². The molecule has 0 heterocycles. The number of hydrogen-bond donors (Lipinski definition) is 2. The topological polar surface area (TPSA) is 45.7 Å². The minimum Gasteiger partial charge on any atom is -0.496 e. The zero-order chi connectivity index (χ0) is 16.5. The zero-order valence-corrected chi connectivity index (χ0v) is 17.0. The van der Waals surface area contributed by atoms with Crippen LogP contribution in [-0.4, -0.2) is 19.6 Å². The first-order chi connectivity index (χ1) is 11.2. The second kappa shape index (κ2) is 11.1. The van der Waals surface area contributed by atoms with Gasteiger partial charge in [-0.25, -0.2) is 4.99 Å². The van der Waals surface area contributed by atoms with Crippen LogP contribution in [0.25, 0.3) is 0 Å². The Labute approximate surface area is 165 Å². The Hall–Kier alpha value is -1.47. The van der Waals surface area contributed by atoms with Gasteiger partial charge >= 0.3 is 0 Å². The maximum atomic E-state index is 6.18. The number of rotatable bonds is 6. The number of ether oxygens (including phenoxy) is 1. The standard InChI is InChI=1S/C18H22ClN3O.HI/c1-3-20-18(21-12-14-8-4-6-10-16(14)19)22-13-15-9-5-7-11-17(15)23-2;/h4-11H,3,12-13H2,1-2H3,(H2,20,21,22);1H. The van der Waals surface area contributed by atoms with Crippen LogP contribution in [-0.2, 0) is 13.1 Å². The van der Waals surface area contributed by atoms with Crippen LogP contribution in [0.5, 0.6) is 5.75 Å². The van der Waals surface area contributed by atoms with Crippen molar-refractivity contribution in [3.05, 3.63) is 64.7 Å². The lowest BCUT2D eigenvalue weighted by molar-refractivity contribution is 0.410. The predicted molar refractivity (Wildman–Crippen MR) is 112 cm³/mol. The van der Waals surface area contributed by atoms with Gasteiger partial charge in [-0.3, -0.25) is 0 Å². The van der Waals surface area contributed by atoms with Crippen LogP contribution in [0.4, 0.5) is 0 Å². The summed E-state index contributed by atoms with van der Waals surface area (Å²) >= 11 is 6.18. The van der Waals surface area contributed by atoms with Crippen LogP contribution in [0.15, 0.2) is 53.5 Å². The van der Waals surface area contributed by atoms with Gasteiger partial charge in [-0.2, -0.15) is 0 Å². The summed E-state index contributed by atoms with van der Waals surface area (Å²) in [4.78, 5) is 4.61. The van der Waals surface area contributed by atoms with E-state index in [9.17, 15) is 0 Å². The van der Waals surface area contributed by atoms with Gasteiger partial charge in [0.2, 0.25) is 0 Å². The highest BCUT2D eigenvalue weighted by atomic mass is 127. The molecule has 6 heteroatoms. The van der Waals surface area contributed by atoms with Crippen molar-refractivity contribution >= 4 is 41.5 Å². The quantitative estimate of drug-likeness (QED) is 0.386. The molecule has 0 aliphatic carbocycles. The summed E-state index contributed by atoms with van der Waals surface area (Å²) in [6.07, 6.45) is 0. The molecule has 0 spiro atoms. The van der Waals surface area contributed by atoms with Crippen molar-refractivity contribution in [1.82, 2.24) is 10.6 Å². The van der Waals surface area contributed by atoms with Gasteiger partial charge in [-0.15, -0.1) is 24.0 Å². The number of aliphatic imine (C=N–C) groups is 1. The molecule has 0 unspecified atom stereocenters. The van der Waals surface area contributed by atoms with Crippen molar-refractivity contribution in [3.8, 4) is 5.75 Å². The van der Waals surface area contributed by atoms with E-state index < -0.39 is 0 Å². The lowest BCUT2D eigenvalue weighted by atomic mass is 10.2. The third-order valence-corrected chi connectivity index (χ3v) is 3.72. The molecule has 2 N–H and O–H groups in total. The Morgan fingerprint density at radius 2 is 1.71 bits per heavy atom. The zero-order valence-electron chi connectivity index (χ0n) is 13.9. The fourth-order valence-electron chi connectivity index (χ4n) is 2.16. The van der Waals surface area contributed by atoms with Crippen molar-refractivity contribution in [2.75, 3.05) is 13.7 Å². The summed E-state index contributed by atoms with van der Waals surface area (Å²) < 4.78 is 5.36. The Bertz CT molecular complexity index is 664. The molecule has 130 valence electrons. The summed E-state index contributed by atoms with van der Waals surface area (Å²) in [6.45, 7) is 4.00. The van der Waals surface area contributed by atoms with Crippen LogP contribution in [0.3, 0.4) is 0 Å². The molecule has 2 aromatic carbocycles. The number of benzene rings is 2. The summed E-state index contributed by atoms with van der Waals surface area (Å²) in [6, 6.07) is 15.7. The lowest BCUT2D eigenvalue weighted by Gasteiger charge is -2.13. The first kappa shape index (κ1) is 20.6. The normalized spacial score (nSPS) is 10.7. The summed E-state index contributed by atoms with van der Waals surface area (Å²) in [7, 11) is 1.67. The van der Waals surface area contributed by atoms with Crippen molar-refractivity contribution < 1.29 is 4.74 Å². The number of hydrogen-bond acceptors (Lipinski definition) is 2. The minimum absolute atomic E-state index is 0. The molecular formula is C18H23ClIN3O. The maximum Gasteiger partial charge on any atom is 0.191 e. The highest BCUT2D eigenvalue weighted by Crippen LogP contribution is 2.18. The smallest absolute Gasteiger partial charge is 0.191 e. The monoisotopic (exact) mass is 459 g/mol. The molecule has 24 heavy (non-hydrogen) atoms. The van der Waals surface area contributed by atoms with E-state index in [4.69, 9.17) is 16.3 Å². The molecule has 2 rings (SSSR count). The van der Waals surface area contributed by atoms with E-state index in [1.54, 1.807) is 7.11 Å². The van der Waals surface area contributed by atoms with Gasteiger partial charge in [0.15, 0.2) is 5.96 Å². The van der Waals surface area contributed by atoms with Crippen LogP contribution < -0.4 is 15.4 Å². The second-order valence-electron chi connectivity index (χ2n) is 4.95. The van der Waals surface area contributed by atoms with Crippen molar-refractivity contribution in [2.24, 2.45) is 4.99 Å². The largest absolute Gasteiger partial charge is 0.496 e. The van der Waals surface area contributed by atoms with E-state index in [2.05, 4.69) is 15.6 Å². The van der Waals surface area contributed by atoms with Gasteiger partial charge < -0.3 is 15.4 Å².